The predicted octanol–water partition coefficient (Wildman–Crippen LogP) is 1.49. The summed E-state index contributed by atoms with van der Waals surface area (Å²) in [6, 6.07) is 0. The van der Waals surface area contributed by atoms with Crippen molar-refractivity contribution in [2.75, 3.05) is 19.6 Å². The number of rotatable bonds is 3. The largest absolute Gasteiger partial charge is 0.389 e. The number of hydrogen-bond donors (Lipinski definition) is 1. The maximum Gasteiger partial charge on any atom is 0.0783 e. The minimum absolute atomic E-state index is 0.380. The fraction of sp³-hybridized carbons (Fsp3) is 1.00. The van der Waals surface area contributed by atoms with Crippen molar-refractivity contribution in [3.05, 3.63) is 0 Å². The van der Waals surface area contributed by atoms with Gasteiger partial charge in [0.1, 0.15) is 0 Å². The van der Waals surface area contributed by atoms with E-state index in [1.165, 1.54) is 0 Å². The minimum Gasteiger partial charge on any atom is -0.389 e. The molecule has 1 aliphatic heterocycles. The summed E-state index contributed by atoms with van der Waals surface area (Å²) in [6.45, 7) is 9.60. The van der Waals surface area contributed by atoms with Gasteiger partial charge in [-0.2, -0.15) is 0 Å². The Bertz CT molecular complexity index is 147. The van der Waals surface area contributed by atoms with Crippen LogP contribution >= 0.6 is 0 Å². The summed E-state index contributed by atoms with van der Waals surface area (Å²) in [5.74, 6) is 0.712. The maximum absolute atomic E-state index is 9.94. The van der Waals surface area contributed by atoms with Crippen LogP contribution in [0.3, 0.4) is 0 Å². The Morgan fingerprint density at radius 2 is 2.17 bits per heavy atom. The summed E-state index contributed by atoms with van der Waals surface area (Å²) in [4.78, 5) is 2.37. The average molecular weight is 171 g/mol. The third-order valence-corrected chi connectivity index (χ3v) is 2.69. The second-order valence-corrected chi connectivity index (χ2v) is 4.46. The van der Waals surface area contributed by atoms with Gasteiger partial charge in [-0.25, -0.2) is 0 Å². The van der Waals surface area contributed by atoms with E-state index in [0.717, 1.165) is 32.5 Å². The molecular formula is C10H21NO. The lowest BCUT2D eigenvalue weighted by Crippen LogP contribution is -2.33. The van der Waals surface area contributed by atoms with E-state index in [2.05, 4.69) is 25.7 Å². The zero-order chi connectivity index (χ0) is 9.19. The highest BCUT2D eigenvalue weighted by atomic mass is 16.3. The molecular weight excluding hydrogens is 150 g/mol. The van der Waals surface area contributed by atoms with Crippen LogP contribution in [-0.2, 0) is 0 Å². The Morgan fingerprint density at radius 1 is 1.50 bits per heavy atom. The Labute approximate surface area is 75.6 Å². The summed E-state index contributed by atoms with van der Waals surface area (Å²) < 4.78 is 0. The molecule has 0 spiro atoms. The SMILES string of the molecule is CCC1(O)CCN(CC(C)C)C1. The first-order valence-corrected chi connectivity index (χ1v) is 5.00. The Kier molecular flexibility index (Phi) is 3.13. The zero-order valence-electron chi connectivity index (χ0n) is 8.51. The Morgan fingerprint density at radius 3 is 2.58 bits per heavy atom. The molecule has 0 amide bonds. The zero-order valence-corrected chi connectivity index (χ0v) is 8.51. The number of β-amino-alcohol motifs (C(OH)–C–C–N with tert-alkyl or cyclic N) is 1. The van der Waals surface area contributed by atoms with E-state index in [1.54, 1.807) is 0 Å². The van der Waals surface area contributed by atoms with E-state index >= 15 is 0 Å². The molecule has 0 saturated carbocycles. The molecule has 2 nitrogen and oxygen atoms in total. The van der Waals surface area contributed by atoms with Crippen LogP contribution < -0.4 is 0 Å². The summed E-state index contributed by atoms with van der Waals surface area (Å²) >= 11 is 0. The van der Waals surface area contributed by atoms with E-state index < -0.39 is 0 Å². The van der Waals surface area contributed by atoms with Gasteiger partial charge in [0, 0.05) is 19.6 Å². The molecule has 0 aliphatic carbocycles. The van der Waals surface area contributed by atoms with Crippen LogP contribution in [0.25, 0.3) is 0 Å². The Balaban J connectivity index is 2.35. The lowest BCUT2D eigenvalue weighted by Gasteiger charge is -2.22. The van der Waals surface area contributed by atoms with Crippen LogP contribution in [0.4, 0.5) is 0 Å². The van der Waals surface area contributed by atoms with Crippen molar-refractivity contribution in [2.24, 2.45) is 5.92 Å². The number of nitrogens with zero attached hydrogens (tertiary/aromatic N) is 1. The quantitative estimate of drug-likeness (QED) is 0.695. The third kappa shape index (κ3) is 2.46. The molecule has 1 rings (SSSR count). The van der Waals surface area contributed by atoms with Crippen LogP contribution in [0.2, 0.25) is 0 Å². The monoisotopic (exact) mass is 171 g/mol. The van der Waals surface area contributed by atoms with Crippen molar-refractivity contribution < 1.29 is 5.11 Å². The fourth-order valence-electron chi connectivity index (χ4n) is 1.90. The number of aliphatic hydroxyl groups is 1. The van der Waals surface area contributed by atoms with Gasteiger partial charge in [0.2, 0.25) is 0 Å². The molecule has 1 heterocycles. The summed E-state index contributed by atoms with van der Waals surface area (Å²) in [5.41, 5.74) is -0.380. The van der Waals surface area contributed by atoms with Crippen LogP contribution in [0.5, 0.6) is 0 Å². The van der Waals surface area contributed by atoms with Gasteiger partial charge in [0.25, 0.3) is 0 Å². The molecule has 0 bridgehead atoms. The van der Waals surface area contributed by atoms with Crippen molar-refractivity contribution in [1.82, 2.24) is 4.90 Å². The van der Waals surface area contributed by atoms with Gasteiger partial charge in [-0.05, 0) is 18.8 Å². The summed E-state index contributed by atoms with van der Waals surface area (Å²) in [6.07, 6.45) is 1.85. The first-order chi connectivity index (χ1) is 5.56. The first-order valence-electron chi connectivity index (χ1n) is 5.00. The molecule has 1 fully saturated rings. The normalized spacial score (nSPS) is 31.8. The fourth-order valence-corrected chi connectivity index (χ4v) is 1.90. The molecule has 12 heavy (non-hydrogen) atoms. The van der Waals surface area contributed by atoms with E-state index in [1.807, 2.05) is 0 Å². The highest BCUT2D eigenvalue weighted by Gasteiger charge is 2.33. The standard InChI is InChI=1S/C10H21NO/c1-4-10(12)5-6-11(8-10)7-9(2)3/h9,12H,4-8H2,1-3H3. The van der Waals surface area contributed by atoms with E-state index in [0.29, 0.717) is 5.92 Å². The van der Waals surface area contributed by atoms with Gasteiger partial charge in [-0.15, -0.1) is 0 Å². The van der Waals surface area contributed by atoms with Gasteiger partial charge in [-0.3, -0.25) is 0 Å². The molecule has 1 atom stereocenters. The highest BCUT2D eigenvalue weighted by molar-refractivity contribution is 4.88. The lowest BCUT2D eigenvalue weighted by atomic mass is 10.0. The van der Waals surface area contributed by atoms with Crippen molar-refractivity contribution in [2.45, 2.75) is 39.2 Å². The molecule has 1 aliphatic rings. The molecule has 0 aromatic rings. The molecule has 0 aromatic carbocycles. The van der Waals surface area contributed by atoms with Gasteiger partial charge >= 0.3 is 0 Å². The third-order valence-electron chi connectivity index (χ3n) is 2.69. The molecule has 1 N–H and O–H groups in total. The van der Waals surface area contributed by atoms with Crippen molar-refractivity contribution >= 4 is 0 Å². The molecule has 1 unspecified atom stereocenters. The average Bonchev–Trinajstić information content (AvgIpc) is 2.32. The summed E-state index contributed by atoms with van der Waals surface area (Å²) in [7, 11) is 0. The smallest absolute Gasteiger partial charge is 0.0783 e. The maximum atomic E-state index is 9.94. The van der Waals surface area contributed by atoms with E-state index in [4.69, 9.17) is 0 Å². The van der Waals surface area contributed by atoms with Gasteiger partial charge in [-0.1, -0.05) is 20.8 Å². The molecule has 0 radical (unpaired) electrons. The van der Waals surface area contributed by atoms with Gasteiger partial charge < -0.3 is 10.0 Å². The van der Waals surface area contributed by atoms with Gasteiger partial charge in [0.15, 0.2) is 0 Å². The van der Waals surface area contributed by atoms with Gasteiger partial charge in [0.05, 0.1) is 5.60 Å². The minimum atomic E-state index is -0.380. The molecule has 72 valence electrons. The highest BCUT2D eigenvalue weighted by Crippen LogP contribution is 2.24. The summed E-state index contributed by atoms with van der Waals surface area (Å²) in [5, 5.41) is 9.94. The number of hydrogen-bond acceptors (Lipinski definition) is 2. The van der Waals surface area contributed by atoms with E-state index in [-0.39, 0.29) is 5.60 Å². The van der Waals surface area contributed by atoms with Crippen LogP contribution in [0.15, 0.2) is 0 Å². The molecule has 1 saturated heterocycles. The lowest BCUT2D eigenvalue weighted by molar-refractivity contribution is 0.0443. The van der Waals surface area contributed by atoms with Crippen molar-refractivity contribution in [3.63, 3.8) is 0 Å². The first kappa shape index (κ1) is 10.0. The van der Waals surface area contributed by atoms with E-state index in [9.17, 15) is 5.11 Å². The second-order valence-electron chi connectivity index (χ2n) is 4.46. The second kappa shape index (κ2) is 3.75. The topological polar surface area (TPSA) is 23.5 Å². The molecule has 2 heteroatoms. The van der Waals surface area contributed by atoms with Crippen LogP contribution in [-0.4, -0.2) is 35.2 Å². The Hall–Kier alpha value is -0.0800. The van der Waals surface area contributed by atoms with Crippen molar-refractivity contribution in [3.8, 4) is 0 Å². The predicted molar refractivity (Wildman–Crippen MR) is 51.1 cm³/mol. The molecule has 0 aromatic heterocycles. The van der Waals surface area contributed by atoms with Crippen LogP contribution in [0, 0.1) is 5.92 Å². The number of likely N-dealkylation sites (tertiary alicyclic amines) is 1. The van der Waals surface area contributed by atoms with Crippen LogP contribution in [0.1, 0.15) is 33.6 Å². The van der Waals surface area contributed by atoms with Crippen molar-refractivity contribution in [1.29, 1.82) is 0 Å².